The third kappa shape index (κ3) is 1.85. The van der Waals surface area contributed by atoms with Gasteiger partial charge in [-0.05, 0) is 29.0 Å². The highest BCUT2D eigenvalue weighted by Crippen LogP contribution is 2.29. The molecular weight excluding hydrogens is 204 g/mol. The minimum atomic E-state index is 0.816. The Morgan fingerprint density at radius 3 is 2.73 bits per heavy atom. The van der Waals surface area contributed by atoms with E-state index in [9.17, 15) is 4.79 Å². The van der Waals surface area contributed by atoms with Crippen LogP contribution in [0.3, 0.4) is 0 Å². The molecule has 2 rings (SSSR count). The molecule has 1 heterocycles. The molecule has 0 bridgehead atoms. The molecule has 0 aliphatic rings. The molecule has 0 N–H and O–H groups in total. The lowest BCUT2D eigenvalue weighted by Crippen LogP contribution is -1.87. The summed E-state index contributed by atoms with van der Waals surface area (Å²) in [5.41, 5.74) is 3.54. The summed E-state index contributed by atoms with van der Waals surface area (Å²) in [4.78, 5) is 11.7. The first-order chi connectivity index (χ1) is 7.36. The van der Waals surface area contributed by atoms with Crippen molar-refractivity contribution in [3.8, 4) is 11.1 Å². The highest BCUT2D eigenvalue weighted by molar-refractivity contribution is 7.12. The van der Waals surface area contributed by atoms with Gasteiger partial charge in [-0.2, -0.15) is 0 Å². The maximum Gasteiger partial charge on any atom is 0.160 e. The standard InChI is InChI=1S/C13H12OS/c1-2-10-5-3-4-6-11(10)12-7-8-15-13(12)9-14/h3-9H,2H2,1H3. The van der Waals surface area contributed by atoms with E-state index in [-0.39, 0.29) is 0 Å². The zero-order valence-corrected chi connectivity index (χ0v) is 9.38. The van der Waals surface area contributed by atoms with Crippen LogP contribution in [0.15, 0.2) is 35.7 Å². The van der Waals surface area contributed by atoms with Crippen LogP contribution in [0.1, 0.15) is 22.2 Å². The lowest BCUT2D eigenvalue weighted by molar-refractivity contribution is 0.112. The van der Waals surface area contributed by atoms with Gasteiger partial charge < -0.3 is 0 Å². The lowest BCUT2D eigenvalue weighted by Gasteiger charge is -2.06. The normalized spacial score (nSPS) is 10.2. The molecular formula is C13H12OS. The predicted octanol–water partition coefficient (Wildman–Crippen LogP) is 3.79. The molecule has 15 heavy (non-hydrogen) atoms. The monoisotopic (exact) mass is 216 g/mol. The second-order valence-electron chi connectivity index (χ2n) is 3.33. The zero-order valence-electron chi connectivity index (χ0n) is 8.57. The Hall–Kier alpha value is -1.41. The van der Waals surface area contributed by atoms with Crippen molar-refractivity contribution >= 4 is 17.6 Å². The first-order valence-corrected chi connectivity index (χ1v) is 5.85. The van der Waals surface area contributed by atoms with Crippen LogP contribution < -0.4 is 0 Å². The van der Waals surface area contributed by atoms with Crippen molar-refractivity contribution in [3.63, 3.8) is 0 Å². The number of hydrogen-bond donors (Lipinski definition) is 0. The van der Waals surface area contributed by atoms with Gasteiger partial charge in [-0.3, -0.25) is 4.79 Å². The molecule has 0 saturated heterocycles. The van der Waals surface area contributed by atoms with Crippen molar-refractivity contribution in [3.05, 3.63) is 46.2 Å². The van der Waals surface area contributed by atoms with E-state index in [2.05, 4.69) is 19.1 Å². The third-order valence-electron chi connectivity index (χ3n) is 2.49. The van der Waals surface area contributed by atoms with Crippen molar-refractivity contribution in [1.29, 1.82) is 0 Å². The van der Waals surface area contributed by atoms with Crippen molar-refractivity contribution in [2.75, 3.05) is 0 Å². The van der Waals surface area contributed by atoms with E-state index < -0.39 is 0 Å². The van der Waals surface area contributed by atoms with Gasteiger partial charge in [0.1, 0.15) is 0 Å². The van der Waals surface area contributed by atoms with Gasteiger partial charge in [-0.1, -0.05) is 31.2 Å². The summed E-state index contributed by atoms with van der Waals surface area (Å²) in [6.45, 7) is 2.13. The molecule has 76 valence electrons. The number of aryl methyl sites for hydroxylation is 1. The van der Waals surface area contributed by atoms with Gasteiger partial charge in [0.05, 0.1) is 4.88 Å². The maximum atomic E-state index is 10.9. The van der Waals surface area contributed by atoms with Gasteiger partial charge in [0.15, 0.2) is 6.29 Å². The van der Waals surface area contributed by atoms with E-state index >= 15 is 0 Å². The molecule has 0 amide bonds. The van der Waals surface area contributed by atoms with Crippen LogP contribution in [0.2, 0.25) is 0 Å². The third-order valence-corrected chi connectivity index (χ3v) is 3.33. The first kappa shape index (κ1) is 10.1. The number of aldehydes is 1. The van der Waals surface area contributed by atoms with Gasteiger partial charge in [0.2, 0.25) is 0 Å². The highest BCUT2D eigenvalue weighted by atomic mass is 32.1. The Morgan fingerprint density at radius 2 is 2.00 bits per heavy atom. The minimum absolute atomic E-state index is 0.816. The Kier molecular flexibility index (Phi) is 2.97. The van der Waals surface area contributed by atoms with Crippen molar-refractivity contribution in [2.24, 2.45) is 0 Å². The summed E-state index contributed by atoms with van der Waals surface area (Å²) in [6, 6.07) is 10.3. The van der Waals surface area contributed by atoms with E-state index in [4.69, 9.17) is 0 Å². The number of carbonyl (C=O) groups excluding carboxylic acids is 1. The maximum absolute atomic E-state index is 10.9. The Balaban J connectivity index is 2.58. The quantitative estimate of drug-likeness (QED) is 0.713. The molecule has 0 aliphatic carbocycles. The van der Waals surface area contributed by atoms with E-state index in [1.54, 1.807) is 0 Å². The molecule has 0 fully saturated rings. The molecule has 1 nitrogen and oxygen atoms in total. The number of thiophene rings is 1. The minimum Gasteiger partial charge on any atom is -0.297 e. The topological polar surface area (TPSA) is 17.1 Å². The second kappa shape index (κ2) is 4.41. The average Bonchev–Trinajstić information content (AvgIpc) is 2.76. The van der Waals surface area contributed by atoms with E-state index in [0.717, 1.165) is 23.1 Å². The molecule has 1 aromatic carbocycles. The average molecular weight is 216 g/mol. The Morgan fingerprint density at radius 1 is 1.20 bits per heavy atom. The molecule has 0 saturated carbocycles. The number of carbonyl (C=O) groups is 1. The van der Waals surface area contributed by atoms with Crippen LogP contribution in [0.5, 0.6) is 0 Å². The van der Waals surface area contributed by atoms with Crippen LogP contribution in [-0.4, -0.2) is 6.29 Å². The van der Waals surface area contributed by atoms with Crippen LogP contribution in [0.4, 0.5) is 0 Å². The summed E-state index contributed by atoms with van der Waals surface area (Å²) in [6.07, 6.45) is 1.93. The molecule has 0 unspecified atom stereocenters. The molecule has 1 aromatic heterocycles. The summed E-state index contributed by atoms with van der Waals surface area (Å²) in [5.74, 6) is 0. The molecule has 0 aliphatic heterocycles. The first-order valence-electron chi connectivity index (χ1n) is 4.97. The fourth-order valence-electron chi connectivity index (χ4n) is 1.73. The molecule has 0 spiro atoms. The van der Waals surface area contributed by atoms with Crippen LogP contribution in [-0.2, 0) is 6.42 Å². The van der Waals surface area contributed by atoms with Crippen LogP contribution in [0.25, 0.3) is 11.1 Å². The van der Waals surface area contributed by atoms with E-state index in [1.807, 2.05) is 23.6 Å². The molecule has 0 radical (unpaired) electrons. The summed E-state index contributed by atoms with van der Waals surface area (Å²) >= 11 is 1.50. The second-order valence-corrected chi connectivity index (χ2v) is 4.27. The van der Waals surface area contributed by atoms with Gasteiger partial charge in [-0.25, -0.2) is 0 Å². The lowest BCUT2D eigenvalue weighted by atomic mass is 9.99. The number of benzene rings is 1. The van der Waals surface area contributed by atoms with Crippen LogP contribution in [0, 0.1) is 0 Å². The van der Waals surface area contributed by atoms with Crippen molar-refractivity contribution in [1.82, 2.24) is 0 Å². The summed E-state index contributed by atoms with van der Waals surface area (Å²) in [5, 5.41) is 1.96. The van der Waals surface area contributed by atoms with E-state index in [0.29, 0.717) is 0 Å². The van der Waals surface area contributed by atoms with Gasteiger partial charge in [0, 0.05) is 5.56 Å². The number of hydrogen-bond acceptors (Lipinski definition) is 2. The molecule has 2 aromatic rings. The summed E-state index contributed by atoms with van der Waals surface area (Å²) in [7, 11) is 0. The fraction of sp³-hybridized carbons (Fsp3) is 0.154. The summed E-state index contributed by atoms with van der Waals surface area (Å²) < 4.78 is 0. The SMILES string of the molecule is CCc1ccccc1-c1ccsc1C=O. The largest absolute Gasteiger partial charge is 0.297 e. The van der Waals surface area contributed by atoms with Crippen molar-refractivity contribution in [2.45, 2.75) is 13.3 Å². The van der Waals surface area contributed by atoms with Gasteiger partial charge >= 0.3 is 0 Å². The van der Waals surface area contributed by atoms with Crippen molar-refractivity contribution < 1.29 is 4.79 Å². The van der Waals surface area contributed by atoms with Gasteiger partial charge in [0.25, 0.3) is 0 Å². The molecule has 0 atom stereocenters. The Labute approximate surface area is 93.4 Å². The van der Waals surface area contributed by atoms with E-state index in [1.165, 1.54) is 22.5 Å². The smallest absolute Gasteiger partial charge is 0.160 e. The van der Waals surface area contributed by atoms with Gasteiger partial charge in [-0.15, -0.1) is 11.3 Å². The highest BCUT2D eigenvalue weighted by Gasteiger charge is 2.08. The predicted molar refractivity (Wildman–Crippen MR) is 64.5 cm³/mol. The fourth-order valence-corrected chi connectivity index (χ4v) is 2.44. The zero-order chi connectivity index (χ0) is 10.7. The number of rotatable bonds is 3. The Bertz CT molecular complexity index is 471. The van der Waals surface area contributed by atoms with Crippen LogP contribution >= 0.6 is 11.3 Å². The molecule has 2 heteroatoms.